The van der Waals surface area contributed by atoms with Crippen molar-refractivity contribution in [3.05, 3.63) is 54.2 Å². The van der Waals surface area contributed by atoms with Crippen LogP contribution < -0.4 is 5.32 Å². The summed E-state index contributed by atoms with van der Waals surface area (Å²) in [7, 11) is 4.35. The molecule has 7 nitrogen and oxygen atoms in total. The standard InChI is InChI=1S/C29H39N5O2S/c1-32(2)29(23-10-5-4-6-11-23)15-13-28(14-16-29)21-33(27(36)34(28)19-22-8-7-9-22)20-26(35)31-25-18-24(37-3)12-17-30-25/h4-6,10-12,17-18,22H,7-9,13-16,19-21H2,1-3H3,(H,30,31,35). The molecule has 3 fully saturated rings. The molecule has 8 heteroatoms. The molecule has 0 radical (unpaired) electrons. The summed E-state index contributed by atoms with van der Waals surface area (Å²) in [5.41, 5.74) is 1.11. The minimum atomic E-state index is -0.210. The predicted octanol–water partition coefficient (Wildman–Crippen LogP) is 5.05. The SMILES string of the molecule is CSc1ccnc(NC(=O)CN2CC3(CCC(c4ccccc4)(N(C)C)CC3)N(CC3CCC3)C2=O)c1. The van der Waals surface area contributed by atoms with Crippen LogP contribution in [0.25, 0.3) is 0 Å². The molecule has 2 saturated carbocycles. The van der Waals surface area contributed by atoms with Crippen LogP contribution in [0.15, 0.2) is 53.6 Å². The second-order valence-corrected chi connectivity index (χ2v) is 12.1. The van der Waals surface area contributed by atoms with Gasteiger partial charge >= 0.3 is 6.03 Å². The molecular weight excluding hydrogens is 482 g/mol. The van der Waals surface area contributed by atoms with Crippen LogP contribution in [0.2, 0.25) is 0 Å². The maximum absolute atomic E-state index is 13.8. The van der Waals surface area contributed by atoms with Crippen molar-refractivity contribution in [3.8, 4) is 0 Å². The van der Waals surface area contributed by atoms with E-state index in [4.69, 9.17) is 0 Å². The molecule has 0 unspecified atom stereocenters. The summed E-state index contributed by atoms with van der Waals surface area (Å²) in [6.45, 7) is 1.49. The smallest absolute Gasteiger partial charge is 0.317 e. The number of benzene rings is 1. The van der Waals surface area contributed by atoms with E-state index in [0.717, 1.165) is 37.1 Å². The van der Waals surface area contributed by atoms with E-state index < -0.39 is 0 Å². The third kappa shape index (κ3) is 5.10. The second-order valence-electron chi connectivity index (χ2n) is 11.2. The molecule has 0 bridgehead atoms. The highest BCUT2D eigenvalue weighted by Crippen LogP contribution is 2.49. The van der Waals surface area contributed by atoms with Crippen molar-refractivity contribution in [2.24, 2.45) is 5.92 Å². The van der Waals surface area contributed by atoms with E-state index in [1.165, 1.54) is 24.8 Å². The van der Waals surface area contributed by atoms with Crippen molar-refractivity contribution in [1.29, 1.82) is 0 Å². The number of carbonyl (C=O) groups excluding carboxylic acids is 2. The number of amides is 3. The van der Waals surface area contributed by atoms with Crippen LogP contribution in [-0.4, -0.2) is 77.1 Å². The van der Waals surface area contributed by atoms with E-state index in [1.54, 1.807) is 22.9 Å². The lowest BCUT2D eigenvalue weighted by molar-refractivity contribution is -0.116. The molecule has 198 valence electrons. The van der Waals surface area contributed by atoms with Crippen molar-refractivity contribution < 1.29 is 9.59 Å². The Morgan fingerprint density at radius 1 is 1.14 bits per heavy atom. The van der Waals surface area contributed by atoms with E-state index in [2.05, 4.69) is 64.5 Å². The number of hydrogen-bond donors (Lipinski definition) is 1. The zero-order valence-electron chi connectivity index (χ0n) is 22.3. The Hall–Kier alpha value is -2.58. The first kappa shape index (κ1) is 26.0. The lowest BCUT2D eigenvalue weighted by Crippen LogP contribution is -2.56. The maximum atomic E-state index is 13.8. The van der Waals surface area contributed by atoms with E-state index in [-0.39, 0.29) is 29.6 Å². The summed E-state index contributed by atoms with van der Waals surface area (Å²) in [6.07, 6.45) is 11.2. The summed E-state index contributed by atoms with van der Waals surface area (Å²) >= 11 is 1.61. The molecular formula is C29H39N5O2S. The van der Waals surface area contributed by atoms with E-state index in [0.29, 0.717) is 18.3 Å². The lowest BCUT2D eigenvalue weighted by atomic mass is 9.68. The van der Waals surface area contributed by atoms with Gasteiger partial charge in [0.25, 0.3) is 0 Å². The second kappa shape index (κ2) is 10.7. The molecule has 2 aliphatic carbocycles. The summed E-state index contributed by atoms with van der Waals surface area (Å²) in [5.74, 6) is 0.922. The number of nitrogens with one attached hydrogen (secondary N) is 1. The monoisotopic (exact) mass is 521 g/mol. The fourth-order valence-corrected chi connectivity index (χ4v) is 6.90. The van der Waals surface area contributed by atoms with Gasteiger partial charge in [0.2, 0.25) is 5.91 Å². The van der Waals surface area contributed by atoms with Gasteiger partial charge in [-0.05, 0) is 82.5 Å². The van der Waals surface area contributed by atoms with Crippen molar-refractivity contribution in [2.75, 3.05) is 45.3 Å². The molecule has 0 atom stereocenters. The first-order valence-corrected chi connectivity index (χ1v) is 14.7. The number of rotatable bonds is 8. The highest BCUT2D eigenvalue weighted by atomic mass is 32.2. The molecule has 1 N–H and O–H groups in total. The van der Waals surface area contributed by atoms with E-state index in [1.807, 2.05) is 18.4 Å². The average molecular weight is 522 g/mol. The third-order valence-electron chi connectivity index (χ3n) is 8.97. The van der Waals surface area contributed by atoms with Gasteiger partial charge in [0.15, 0.2) is 0 Å². The molecule has 1 aromatic heterocycles. The first-order chi connectivity index (χ1) is 17.8. The Kier molecular flexibility index (Phi) is 7.50. The molecule has 1 aromatic carbocycles. The van der Waals surface area contributed by atoms with Gasteiger partial charge in [-0.15, -0.1) is 11.8 Å². The van der Waals surface area contributed by atoms with Gasteiger partial charge < -0.3 is 15.1 Å². The van der Waals surface area contributed by atoms with Crippen LogP contribution in [0.5, 0.6) is 0 Å². The zero-order valence-corrected chi connectivity index (χ0v) is 23.1. The van der Waals surface area contributed by atoms with Gasteiger partial charge in [-0.2, -0.15) is 0 Å². The molecule has 1 saturated heterocycles. The van der Waals surface area contributed by atoms with Crippen molar-refractivity contribution in [1.82, 2.24) is 19.7 Å². The van der Waals surface area contributed by atoms with Crippen LogP contribution in [0.4, 0.5) is 10.6 Å². The number of nitrogens with zero attached hydrogens (tertiary/aromatic N) is 4. The molecule has 5 rings (SSSR count). The summed E-state index contributed by atoms with van der Waals surface area (Å²) < 4.78 is 0. The molecule has 37 heavy (non-hydrogen) atoms. The quantitative estimate of drug-likeness (QED) is 0.493. The number of pyridine rings is 1. The Morgan fingerprint density at radius 3 is 2.49 bits per heavy atom. The van der Waals surface area contributed by atoms with E-state index >= 15 is 0 Å². The summed E-state index contributed by atoms with van der Waals surface area (Å²) in [6, 6.07) is 14.6. The molecule has 3 aliphatic rings. The number of thioether (sulfide) groups is 1. The van der Waals surface area contributed by atoms with Crippen molar-refractivity contribution in [3.63, 3.8) is 0 Å². The molecule has 3 amide bonds. The number of hydrogen-bond acceptors (Lipinski definition) is 5. The van der Waals surface area contributed by atoms with Gasteiger partial charge in [0, 0.05) is 29.7 Å². The number of aromatic nitrogens is 1. The minimum absolute atomic E-state index is 0.0185. The predicted molar refractivity (Wildman–Crippen MR) is 149 cm³/mol. The zero-order chi connectivity index (χ0) is 26.0. The normalized spacial score (nSPS) is 26.1. The largest absolute Gasteiger partial charge is 0.321 e. The molecule has 2 aromatic rings. The molecule has 1 spiro atoms. The van der Waals surface area contributed by atoms with Gasteiger partial charge in [0.05, 0.1) is 5.54 Å². The number of anilines is 1. The van der Waals surface area contributed by atoms with Crippen LogP contribution in [-0.2, 0) is 10.3 Å². The van der Waals surface area contributed by atoms with Gasteiger partial charge in [-0.3, -0.25) is 9.69 Å². The van der Waals surface area contributed by atoms with Crippen molar-refractivity contribution in [2.45, 2.75) is 60.9 Å². The average Bonchev–Trinajstić information content (AvgIpc) is 3.12. The van der Waals surface area contributed by atoms with Gasteiger partial charge in [0.1, 0.15) is 12.4 Å². The molecule has 1 aliphatic heterocycles. The number of urea groups is 1. The Labute approximate surface area is 225 Å². The van der Waals surface area contributed by atoms with Crippen molar-refractivity contribution >= 4 is 29.5 Å². The lowest BCUT2D eigenvalue weighted by Gasteiger charge is -2.51. The van der Waals surface area contributed by atoms with Crippen LogP contribution in [0.1, 0.15) is 50.5 Å². The number of carbonyl (C=O) groups is 2. The summed E-state index contributed by atoms with van der Waals surface area (Å²) in [5, 5.41) is 2.90. The Bertz CT molecular complexity index is 1110. The van der Waals surface area contributed by atoms with Gasteiger partial charge in [-0.25, -0.2) is 9.78 Å². The third-order valence-corrected chi connectivity index (χ3v) is 9.69. The van der Waals surface area contributed by atoms with Crippen LogP contribution in [0.3, 0.4) is 0 Å². The Balaban J connectivity index is 1.33. The fourth-order valence-electron chi connectivity index (χ4n) is 6.47. The van der Waals surface area contributed by atoms with Gasteiger partial charge in [-0.1, -0.05) is 36.8 Å². The maximum Gasteiger partial charge on any atom is 0.321 e. The fraction of sp³-hybridized carbons (Fsp3) is 0.552. The Morgan fingerprint density at radius 2 is 1.86 bits per heavy atom. The van der Waals surface area contributed by atoms with Crippen LogP contribution >= 0.6 is 11.8 Å². The highest BCUT2D eigenvalue weighted by molar-refractivity contribution is 7.98. The van der Waals surface area contributed by atoms with Crippen LogP contribution in [0, 0.1) is 5.92 Å². The molecule has 2 heterocycles. The highest BCUT2D eigenvalue weighted by Gasteiger charge is 2.55. The van der Waals surface area contributed by atoms with E-state index in [9.17, 15) is 9.59 Å². The minimum Gasteiger partial charge on any atom is -0.317 e. The summed E-state index contributed by atoms with van der Waals surface area (Å²) in [4.78, 5) is 38.3. The topological polar surface area (TPSA) is 68.8 Å². The first-order valence-electron chi connectivity index (χ1n) is 13.4.